The highest BCUT2D eigenvalue weighted by molar-refractivity contribution is 5.10. The third kappa shape index (κ3) is 1.47. The van der Waals surface area contributed by atoms with Crippen LogP contribution in [-0.4, -0.2) is 29.5 Å². The van der Waals surface area contributed by atoms with Gasteiger partial charge in [-0.1, -0.05) is 13.8 Å². The van der Waals surface area contributed by atoms with Gasteiger partial charge in [0.25, 0.3) is 0 Å². The van der Waals surface area contributed by atoms with E-state index in [9.17, 15) is 5.11 Å². The van der Waals surface area contributed by atoms with Crippen LogP contribution in [-0.2, 0) is 4.74 Å². The molecule has 1 saturated heterocycles. The second-order valence-electron chi connectivity index (χ2n) is 5.53. The summed E-state index contributed by atoms with van der Waals surface area (Å²) in [4.78, 5) is 0. The van der Waals surface area contributed by atoms with Crippen LogP contribution in [0.25, 0.3) is 0 Å². The predicted octanol–water partition coefficient (Wildman–Crippen LogP) is 0.901. The highest BCUT2D eigenvalue weighted by Gasteiger charge is 2.55. The largest absolute Gasteiger partial charge is 0.383 e. The van der Waals surface area contributed by atoms with E-state index in [2.05, 4.69) is 13.8 Å². The Balaban J connectivity index is 2.13. The second-order valence-corrected chi connectivity index (χ2v) is 5.53. The number of hydrogen-bond acceptors (Lipinski definition) is 3. The average molecular weight is 199 g/mol. The molecule has 0 spiro atoms. The van der Waals surface area contributed by atoms with Gasteiger partial charge in [0.2, 0.25) is 0 Å². The Kier molecular flexibility index (Phi) is 2.37. The molecule has 2 rings (SSSR count). The van der Waals surface area contributed by atoms with Crippen LogP contribution in [0.4, 0.5) is 0 Å². The third-order valence-corrected chi connectivity index (χ3v) is 3.84. The lowest BCUT2D eigenvalue weighted by Gasteiger charge is -2.54. The summed E-state index contributed by atoms with van der Waals surface area (Å²) in [7, 11) is 0. The Morgan fingerprint density at radius 2 is 1.71 bits per heavy atom. The number of ether oxygens (including phenoxy) is 1. The lowest BCUT2D eigenvalue weighted by molar-refractivity contribution is -0.224. The predicted molar refractivity (Wildman–Crippen MR) is 54.9 cm³/mol. The Labute approximate surface area is 85.6 Å². The van der Waals surface area contributed by atoms with Gasteiger partial charge in [0.05, 0.1) is 13.2 Å². The average Bonchev–Trinajstić information content (AvgIpc) is 1.97. The minimum absolute atomic E-state index is 0.414. The van der Waals surface area contributed by atoms with E-state index in [0.29, 0.717) is 25.0 Å². The van der Waals surface area contributed by atoms with Crippen LogP contribution < -0.4 is 5.73 Å². The zero-order chi connectivity index (χ0) is 10.4. The molecule has 14 heavy (non-hydrogen) atoms. The lowest BCUT2D eigenvalue weighted by atomic mass is 9.63. The molecule has 1 heterocycles. The van der Waals surface area contributed by atoms with E-state index in [-0.39, 0.29) is 0 Å². The van der Waals surface area contributed by atoms with Crippen LogP contribution in [0.3, 0.4) is 0 Å². The van der Waals surface area contributed by atoms with Crippen molar-refractivity contribution in [1.29, 1.82) is 0 Å². The van der Waals surface area contributed by atoms with Gasteiger partial charge in [-0.3, -0.25) is 0 Å². The van der Waals surface area contributed by atoms with Crippen LogP contribution >= 0.6 is 0 Å². The van der Waals surface area contributed by atoms with Crippen molar-refractivity contribution in [3.05, 3.63) is 0 Å². The quantitative estimate of drug-likeness (QED) is 0.659. The lowest BCUT2D eigenvalue weighted by Crippen LogP contribution is -2.72. The van der Waals surface area contributed by atoms with E-state index in [1.165, 1.54) is 6.42 Å². The van der Waals surface area contributed by atoms with Crippen molar-refractivity contribution in [3.63, 3.8) is 0 Å². The third-order valence-electron chi connectivity index (χ3n) is 3.84. The van der Waals surface area contributed by atoms with E-state index < -0.39 is 11.1 Å². The molecule has 0 aromatic rings. The summed E-state index contributed by atoms with van der Waals surface area (Å²) in [6, 6.07) is 0. The van der Waals surface area contributed by atoms with Crippen LogP contribution in [0.1, 0.15) is 33.1 Å². The van der Waals surface area contributed by atoms with Crippen molar-refractivity contribution in [3.8, 4) is 0 Å². The molecule has 2 unspecified atom stereocenters. The SMILES string of the molecule is CC1CC(C)CC(N)(C2(O)COC2)C1. The van der Waals surface area contributed by atoms with Crippen molar-refractivity contribution >= 4 is 0 Å². The first kappa shape index (κ1) is 10.4. The maximum Gasteiger partial charge on any atom is 0.129 e. The fourth-order valence-corrected chi connectivity index (χ4v) is 3.14. The van der Waals surface area contributed by atoms with Crippen molar-refractivity contribution < 1.29 is 9.84 Å². The molecule has 3 nitrogen and oxygen atoms in total. The van der Waals surface area contributed by atoms with Crippen LogP contribution in [0.2, 0.25) is 0 Å². The van der Waals surface area contributed by atoms with Crippen molar-refractivity contribution in [2.24, 2.45) is 17.6 Å². The molecule has 82 valence electrons. The molecule has 2 fully saturated rings. The van der Waals surface area contributed by atoms with E-state index in [1.807, 2.05) is 0 Å². The molecule has 1 aliphatic carbocycles. The summed E-state index contributed by atoms with van der Waals surface area (Å²) in [5, 5.41) is 10.3. The fourth-order valence-electron chi connectivity index (χ4n) is 3.14. The zero-order valence-electron chi connectivity index (χ0n) is 9.12. The van der Waals surface area contributed by atoms with Gasteiger partial charge in [0.1, 0.15) is 5.60 Å². The first-order valence-corrected chi connectivity index (χ1v) is 5.54. The first-order valence-electron chi connectivity index (χ1n) is 5.54. The topological polar surface area (TPSA) is 55.5 Å². The standard InChI is InChI=1S/C11H21NO2/c1-8-3-9(2)5-10(12,4-8)11(13)6-14-7-11/h8-9,13H,3-7,12H2,1-2H3. The van der Waals surface area contributed by atoms with Crippen molar-refractivity contribution in [2.75, 3.05) is 13.2 Å². The smallest absolute Gasteiger partial charge is 0.129 e. The van der Waals surface area contributed by atoms with Gasteiger partial charge in [-0.2, -0.15) is 0 Å². The molecule has 0 radical (unpaired) electrons. The van der Waals surface area contributed by atoms with Gasteiger partial charge in [-0.15, -0.1) is 0 Å². The van der Waals surface area contributed by atoms with Gasteiger partial charge in [0, 0.05) is 5.54 Å². The molecule has 3 N–H and O–H groups in total. The van der Waals surface area contributed by atoms with Gasteiger partial charge in [-0.05, 0) is 31.1 Å². The van der Waals surface area contributed by atoms with Crippen LogP contribution in [0, 0.1) is 11.8 Å². The molecular formula is C11H21NO2. The first-order chi connectivity index (χ1) is 6.45. The summed E-state index contributed by atoms with van der Waals surface area (Å²) in [5.74, 6) is 1.24. The molecule has 0 amide bonds. The highest BCUT2D eigenvalue weighted by atomic mass is 16.5. The van der Waals surface area contributed by atoms with Gasteiger partial charge >= 0.3 is 0 Å². The van der Waals surface area contributed by atoms with Crippen LogP contribution in [0.5, 0.6) is 0 Å². The molecular weight excluding hydrogens is 178 g/mol. The molecule has 2 atom stereocenters. The minimum Gasteiger partial charge on any atom is -0.383 e. The summed E-state index contributed by atoms with van der Waals surface area (Å²) < 4.78 is 5.10. The highest BCUT2D eigenvalue weighted by Crippen LogP contribution is 2.43. The number of rotatable bonds is 1. The maximum absolute atomic E-state index is 10.3. The maximum atomic E-state index is 10.3. The van der Waals surface area contributed by atoms with Crippen molar-refractivity contribution in [2.45, 2.75) is 44.2 Å². The molecule has 2 aliphatic rings. The molecule has 3 heteroatoms. The van der Waals surface area contributed by atoms with Crippen molar-refractivity contribution in [1.82, 2.24) is 0 Å². The normalized spacial score (nSPS) is 47.1. The Morgan fingerprint density at radius 1 is 1.21 bits per heavy atom. The summed E-state index contributed by atoms with van der Waals surface area (Å²) in [5.41, 5.74) is 5.18. The van der Waals surface area contributed by atoms with E-state index >= 15 is 0 Å². The summed E-state index contributed by atoms with van der Waals surface area (Å²) in [6.45, 7) is 5.28. The molecule has 0 bridgehead atoms. The number of hydrogen-bond donors (Lipinski definition) is 2. The van der Waals surface area contributed by atoms with E-state index in [1.54, 1.807) is 0 Å². The second kappa shape index (κ2) is 3.19. The molecule has 0 aromatic heterocycles. The summed E-state index contributed by atoms with van der Waals surface area (Å²) in [6.07, 6.45) is 3.09. The zero-order valence-corrected chi connectivity index (χ0v) is 9.12. The van der Waals surface area contributed by atoms with Gasteiger partial charge in [0.15, 0.2) is 0 Å². The number of nitrogens with two attached hydrogens (primary N) is 1. The molecule has 1 aliphatic heterocycles. The summed E-state index contributed by atoms with van der Waals surface area (Å²) >= 11 is 0. The molecule has 0 aromatic carbocycles. The monoisotopic (exact) mass is 199 g/mol. The minimum atomic E-state index is -0.754. The Hall–Kier alpha value is -0.120. The van der Waals surface area contributed by atoms with Gasteiger partial charge < -0.3 is 15.6 Å². The van der Waals surface area contributed by atoms with Gasteiger partial charge in [-0.25, -0.2) is 0 Å². The van der Waals surface area contributed by atoms with E-state index in [4.69, 9.17) is 10.5 Å². The Morgan fingerprint density at radius 3 is 2.07 bits per heavy atom. The van der Waals surface area contributed by atoms with Crippen LogP contribution in [0.15, 0.2) is 0 Å². The fraction of sp³-hybridized carbons (Fsp3) is 1.00. The number of aliphatic hydroxyl groups is 1. The Bertz CT molecular complexity index is 215. The molecule has 1 saturated carbocycles. The van der Waals surface area contributed by atoms with E-state index in [0.717, 1.165) is 12.8 Å².